The molecule has 158 valence electrons. The number of hydrogen-bond acceptors (Lipinski definition) is 3. The summed E-state index contributed by atoms with van der Waals surface area (Å²) in [6.45, 7) is 1.99. The number of benzene rings is 1. The van der Waals surface area contributed by atoms with Gasteiger partial charge in [0.2, 0.25) is 0 Å². The monoisotopic (exact) mass is 442 g/mol. The Labute approximate surface area is 180 Å². The van der Waals surface area contributed by atoms with E-state index in [4.69, 9.17) is 11.6 Å². The summed E-state index contributed by atoms with van der Waals surface area (Å²) in [6, 6.07) is 8.05. The molecule has 0 saturated heterocycles. The Kier molecular flexibility index (Phi) is 5.56. The fourth-order valence-corrected chi connectivity index (χ4v) is 3.70. The van der Waals surface area contributed by atoms with Gasteiger partial charge in [-0.25, -0.2) is 13.8 Å². The highest BCUT2D eigenvalue weighted by atomic mass is 35.5. The van der Waals surface area contributed by atoms with Crippen LogP contribution in [0.25, 0.3) is 22.2 Å². The van der Waals surface area contributed by atoms with Gasteiger partial charge in [-0.15, -0.1) is 0 Å². The Morgan fingerprint density at radius 1 is 1.26 bits per heavy atom. The van der Waals surface area contributed by atoms with E-state index in [-0.39, 0.29) is 23.4 Å². The van der Waals surface area contributed by atoms with Crippen LogP contribution in [0.1, 0.15) is 23.0 Å². The second-order valence-corrected chi connectivity index (χ2v) is 7.28. The minimum Gasteiger partial charge on any atom is -0.351 e. The number of hydrogen-bond donors (Lipinski definition) is 2. The molecule has 0 unspecified atom stereocenters. The molecule has 0 atom stereocenters. The average molecular weight is 443 g/mol. The molecule has 3 aromatic heterocycles. The van der Waals surface area contributed by atoms with Gasteiger partial charge in [0.25, 0.3) is 11.5 Å². The number of carbonyl (C=O) groups is 1. The van der Waals surface area contributed by atoms with Crippen LogP contribution in [0.2, 0.25) is 5.02 Å². The number of amides is 1. The predicted molar refractivity (Wildman–Crippen MR) is 114 cm³/mol. The van der Waals surface area contributed by atoms with Crippen LogP contribution < -0.4 is 10.9 Å². The second kappa shape index (κ2) is 8.31. The third kappa shape index (κ3) is 3.82. The molecule has 0 fully saturated rings. The Morgan fingerprint density at radius 3 is 2.77 bits per heavy atom. The lowest BCUT2D eigenvalue weighted by molar-refractivity contribution is 0.0948. The number of nitrogens with one attached hydrogen (secondary N) is 2. The molecule has 1 amide bonds. The second-order valence-electron chi connectivity index (χ2n) is 6.84. The zero-order chi connectivity index (χ0) is 22.1. The van der Waals surface area contributed by atoms with E-state index >= 15 is 0 Å². The number of pyridine rings is 2. The van der Waals surface area contributed by atoms with E-state index in [1.807, 2.05) is 0 Å². The number of nitrogens with zero attached hydrogens (tertiary/aromatic N) is 2. The quantitative estimate of drug-likeness (QED) is 0.488. The van der Waals surface area contributed by atoms with Gasteiger partial charge in [0.05, 0.1) is 11.6 Å². The molecular weight excluding hydrogens is 426 g/mol. The van der Waals surface area contributed by atoms with E-state index in [9.17, 15) is 18.4 Å². The highest BCUT2D eigenvalue weighted by Crippen LogP contribution is 2.34. The summed E-state index contributed by atoms with van der Waals surface area (Å²) in [7, 11) is 0. The van der Waals surface area contributed by atoms with Gasteiger partial charge in [-0.05, 0) is 31.2 Å². The van der Waals surface area contributed by atoms with Crippen LogP contribution in [0.15, 0.2) is 53.6 Å². The van der Waals surface area contributed by atoms with Crippen molar-refractivity contribution in [1.82, 2.24) is 19.9 Å². The van der Waals surface area contributed by atoms with Crippen molar-refractivity contribution in [3.63, 3.8) is 0 Å². The number of aromatic nitrogens is 3. The zero-order valence-corrected chi connectivity index (χ0v) is 17.1. The number of fused-ring (bicyclic) bond motifs is 1. The van der Waals surface area contributed by atoms with Crippen molar-refractivity contribution in [2.45, 2.75) is 13.5 Å². The minimum absolute atomic E-state index is 0.103. The Hall–Kier alpha value is -3.52. The maximum atomic E-state index is 14.4. The topological polar surface area (TPSA) is 79.8 Å². The summed E-state index contributed by atoms with van der Waals surface area (Å²) in [6.07, 6.45) is 2.89. The van der Waals surface area contributed by atoms with Crippen molar-refractivity contribution >= 4 is 28.5 Å². The molecule has 1 aromatic carbocycles. The smallest absolute Gasteiger partial charge is 0.268 e. The van der Waals surface area contributed by atoms with Crippen LogP contribution in [0, 0.1) is 11.6 Å². The van der Waals surface area contributed by atoms with Gasteiger partial charge in [-0.1, -0.05) is 17.7 Å². The maximum absolute atomic E-state index is 14.4. The van der Waals surface area contributed by atoms with E-state index < -0.39 is 23.1 Å². The lowest BCUT2D eigenvalue weighted by atomic mass is 10.0. The molecule has 0 spiro atoms. The summed E-state index contributed by atoms with van der Waals surface area (Å²) in [5, 5.41) is 3.51. The normalized spacial score (nSPS) is 11.1. The summed E-state index contributed by atoms with van der Waals surface area (Å²) < 4.78 is 29.3. The molecule has 6 nitrogen and oxygen atoms in total. The van der Waals surface area contributed by atoms with Crippen molar-refractivity contribution < 1.29 is 13.6 Å². The molecule has 3 heterocycles. The molecule has 0 aliphatic heterocycles. The van der Waals surface area contributed by atoms with Gasteiger partial charge >= 0.3 is 0 Å². The molecule has 4 rings (SSSR count). The van der Waals surface area contributed by atoms with Crippen LogP contribution >= 0.6 is 11.6 Å². The Morgan fingerprint density at radius 2 is 2.06 bits per heavy atom. The first-order valence-corrected chi connectivity index (χ1v) is 9.86. The third-order valence-electron chi connectivity index (χ3n) is 4.85. The lowest BCUT2D eigenvalue weighted by Gasteiger charge is -2.12. The first-order chi connectivity index (χ1) is 14.9. The summed E-state index contributed by atoms with van der Waals surface area (Å²) in [5.74, 6) is -1.92. The van der Waals surface area contributed by atoms with Crippen LogP contribution in [0.4, 0.5) is 8.78 Å². The fraction of sp³-hybridized carbons (Fsp3) is 0.136. The fourth-order valence-electron chi connectivity index (χ4n) is 3.55. The van der Waals surface area contributed by atoms with Gasteiger partial charge in [-0.3, -0.25) is 9.59 Å². The average Bonchev–Trinajstić information content (AvgIpc) is 3.04. The SMILES string of the molecule is CCNC(=O)c1c(-c2ccc[nH]c2=O)c2cc(Cl)cnc2n1Cc1ccc(F)cc1F. The van der Waals surface area contributed by atoms with E-state index in [1.165, 1.54) is 23.0 Å². The molecule has 0 aliphatic rings. The van der Waals surface area contributed by atoms with Crippen molar-refractivity contribution in [3.8, 4) is 11.1 Å². The van der Waals surface area contributed by atoms with Crippen LogP contribution in [0.5, 0.6) is 0 Å². The first kappa shape index (κ1) is 20.7. The molecule has 0 bridgehead atoms. The van der Waals surface area contributed by atoms with Crippen molar-refractivity contribution in [1.29, 1.82) is 0 Å². The predicted octanol–water partition coefficient (Wildman–Crippen LogP) is 4.12. The van der Waals surface area contributed by atoms with Crippen LogP contribution in [-0.2, 0) is 6.54 Å². The zero-order valence-electron chi connectivity index (χ0n) is 16.4. The molecule has 2 N–H and O–H groups in total. The van der Waals surface area contributed by atoms with E-state index in [2.05, 4.69) is 15.3 Å². The minimum atomic E-state index is -0.753. The number of rotatable bonds is 5. The summed E-state index contributed by atoms with van der Waals surface area (Å²) in [5.41, 5.74) is 0.810. The van der Waals surface area contributed by atoms with Gasteiger partial charge in [-0.2, -0.15) is 0 Å². The third-order valence-corrected chi connectivity index (χ3v) is 5.06. The van der Waals surface area contributed by atoms with Gasteiger partial charge in [0, 0.05) is 47.1 Å². The molecule has 4 aromatic rings. The summed E-state index contributed by atoms with van der Waals surface area (Å²) >= 11 is 6.16. The molecule has 9 heteroatoms. The van der Waals surface area contributed by atoms with Crippen LogP contribution in [0.3, 0.4) is 0 Å². The highest BCUT2D eigenvalue weighted by molar-refractivity contribution is 6.31. The molecule has 31 heavy (non-hydrogen) atoms. The van der Waals surface area contributed by atoms with Gasteiger partial charge in [0.15, 0.2) is 0 Å². The van der Waals surface area contributed by atoms with Gasteiger partial charge in [0.1, 0.15) is 23.0 Å². The lowest BCUT2D eigenvalue weighted by Crippen LogP contribution is -2.27. The first-order valence-electron chi connectivity index (χ1n) is 9.48. The van der Waals surface area contributed by atoms with Crippen molar-refractivity contribution in [2.75, 3.05) is 6.54 Å². The number of halogens is 3. The molecule has 0 aliphatic carbocycles. The highest BCUT2D eigenvalue weighted by Gasteiger charge is 2.26. The molecule has 0 radical (unpaired) electrons. The number of carbonyl (C=O) groups excluding carboxylic acids is 1. The standard InChI is InChI=1S/C22H17ClF2N4O2/c1-2-26-22(31)19-18(15-4-3-7-27-21(15)30)16-8-13(23)10-28-20(16)29(19)11-12-5-6-14(24)9-17(12)25/h3-10H,2,11H2,1H3,(H,26,31)(H,27,30). The molecular formula is C22H17ClF2N4O2. The van der Waals surface area contributed by atoms with Crippen molar-refractivity contribution in [2.24, 2.45) is 0 Å². The largest absolute Gasteiger partial charge is 0.351 e. The van der Waals surface area contributed by atoms with E-state index in [0.29, 0.717) is 28.2 Å². The maximum Gasteiger partial charge on any atom is 0.268 e. The van der Waals surface area contributed by atoms with Crippen LogP contribution in [-0.4, -0.2) is 27.0 Å². The number of aromatic amines is 1. The van der Waals surface area contributed by atoms with Crippen molar-refractivity contribution in [3.05, 3.63) is 87.1 Å². The number of H-pyrrole nitrogens is 1. The summed E-state index contributed by atoms with van der Waals surface area (Å²) in [4.78, 5) is 32.6. The van der Waals surface area contributed by atoms with E-state index in [1.54, 1.807) is 25.1 Å². The van der Waals surface area contributed by atoms with E-state index in [0.717, 1.165) is 12.1 Å². The molecule has 0 saturated carbocycles. The Balaban J connectivity index is 2.07. The Bertz CT molecular complexity index is 1360. The van der Waals surface area contributed by atoms with Gasteiger partial charge < -0.3 is 14.9 Å².